The molecule has 0 fully saturated rings. The quantitative estimate of drug-likeness (QED) is 0.639. The molecule has 70 valence electrons. The molecule has 0 saturated carbocycles. The Hall–Kier alpha value is 1.56. The molecule has 0 atom stereocenters. The molecule has 0 amide bonds. The van der Waals surface area contributed by atoms with Crippen molar-refractivity contribution in [1.82, 2.24) is 0 Å². The molecule has 0 aromatic rings. The molecule has 0 aromatic carbocycles. The van der Waals surface area contributed by atoms with E-state index in [1.165, 1.54) is 7.11 Å². The molecule has 0 heterocycles. The van der Waals surface area contributed by atoms with Crippen LogP contribution in [0.15, 0.2) is 0 Å². The van der Waals surface area contributed by atoms with E-state index in [1.54, 1.807) is 0 Å². The van der Waals surface area contributed by atoms with Gasteiger partial charge >= 0.3 is 5.97 Å². The number of methoxy groups -OCH3 is 1. The van der Waals surface area contributed by atoms with Crippen LogP contribution in [0.25, 0.3) is 5.73 Å². The van der Waals surface area contributed by atoms with Gasteiger partial charge in [-0.1, -0.05) is 6.42 Å². The van der Waals surface area contributed by atoms with Gasteiger partial charge in [-0.05, 0) is 0 Å². The van der Waals surface area contributed by atoms with Crippen LogP contribution in [0.1, 0.15) is 12.8 Å². The van der Waals surface area contributed by atoms with Crippen LogP contribution in [-0.2, 0) is 74.9 Å². The van der Waals surface area contributed by atoms with E-state index in [0.29, 0.717) is 19.4 Å². The third-order valence-electron chi connectivity index (χ3n) is 0.785. The second-order valence-corrected chi connectivity index (χ2v) is 1.43. The average molecular weight is 330 g/mol. The molecule has 0 saturated heterocycles. The van der Waals surface area contributed by atoms with Gasteiger partial charge in [0.15, 0.2) is 0 Å². The minimum Gasteiger partial charge on any atom is -0.677 e. The van der Waals surface area contributed by atoms with Crippen LogP contribution in [0, 0.1) is 0 Å². The molecule has 2 radical (unpaired) electrons. The largest absolute Gasteiger partial charge is 0.677 e. The Bertz CT molecular complexity index is 83.8. The summed E-state index contributed by atoms with van der Waals surface area (Å²) < 4.78 is 4.33. The molecule has 0 aromatic heterocycles. The van der Waals surface area contributed by atoms with Crippen LogP contribution in [0.3, 0.4) is 0 Å². The monoisotopic (exact) mass is 330 g/mol. The number of carbonyl (C=O) groups is 1. The minimum atomic E-state index is -0.225. The van der Waals surface area contributed by atoms with Crippen molar-refractivity contribution in [2.45, 2.75) is 12.8 Å². The summed E-state index contributed by atoms with van der Waals surface area (Å²) in [5, 5.41) is 0. The fraction of sp³-hybridized carbons (Fsp3) is 0.800. The Balaban J connectivity index is -0.0000000408. The van der Waals surface area contributed by atoms with E-state index in [4.69, 9.17) is 5.73 Å². The maximum atomic E-state index is 10.3. The Morgan fingerprint density at radius 2 is 1.75 bits per heavy atom. The minimum absolute atomic E-state index is 0. The van der Waals surface area contributed by atoms with Gasteiger partial charge in [0.05, 0.1) is 7.11 Å². The van der Waals surface area contributed by atoms with Crippen molar-refractivity contribution in [2.24, 2.45) is 0 Å². The number of carbonyl (C=O) groups excluding carboxylic acids is 1. The van der Waals surface area contributed by atoms with Crippen LogP contribution >= 0.6 is 0 Å². The molecule has 12 heavy (non-hydrogen) atoms. The summed E-state index contributed by atoms with van der Waals surface area (Å²) >= 11 is 0. The van der Waals surface area contributed by atoms with E-state index in [-0.39, 0.29) is 82.3 Å². The van der Waals surface area contributed by atoms with Crippen LogP contribution in [-0.4, -0.2) is 30.6 Å². The van der Waals surface area contributed by atoms with E-state index in [9.17, 15) is 4.79 Å². The standard InChI is InChI=1S/C5H10NO2.2H2O.2Y/c1-8-5(7)3-2-4-6;;;;/h6H,2-4H2,1H3;2*1H2;;/q-1;;;;. The molecule has 5 nitrogen and oxygen atoms in total. The first-order valence-electron chi connectivity index (χ1n) is 2.52. The van der Waals surface area contributed by atoms with Crippen molar-refractivity contribution in [1.29, 1.82) is 0 Å². The summed E-state index contributed by atoms with van der Waals surface area (Å²) in [7, 11) is 1.35. The molecule has 0 unspecified atom stereocenters. The van der Waals surface area contributed by atoms with Gasteiger partial charge in [0.25, 0.3) is 0 Å². The van der Waals surface area contributed by atoms with Gasteiger partial charge in [0.2, 0.25) is 0 Å². The van der Waals surface area contributed by atoms with Crippen molar-refractivity contribution >= 4 is 5.97 Å². The fourth-order valence-electron chi connectivity index (χ4n) is 0.335. The topological polar surface area (TPSA) is 113 Å². The molecule has 0 aliphatic carbocycles. The number of ether oxygens (including phenoxy) is 1. The smallest absolute Gasteiger partial charge is 0.305 e. The van der Waals surface area contributed by atoms with Crippen molar-refractivity contribution in [3.63, 3.8) is 0 Å². The molecule has 0 spiro atoms. The first-order chi connectivity index (χ1) is 3.81. The first-order valence-corrected chi connectivity index (χ1v) is 2.52. The zero-order valence-electron chi connectivity index (χ0n) is 7.09. The molecular formula is C5H14NO4Y2-. The molecule has 0 rings (SSSR count). The number of nitrogens with one attached hydrogen (secondary N) is 1. The van der Waals surface area contributed by atoms with E-state index in [1.807, 2.05) is 0 Å². The van der Waals surface area contributed by atoms with Gasteiger partial charge in [-0.25, -0.2) is 0 Å². The SMILES string of the molecule is COC(=O)CCC[NH-].O.O.[Y].[Y]. The molecule has 5 N–H and O–H groups in total. The Labute approximate surface area is 123 Å². The normalized spacial score (nSPS) is 5.83. The Kier molecular flexibility index (Phi) is 55.7. The maximum absolute atomic E-state index is 10.3. The van der Waals surface area contributed by atoms with Gasteiger partial charge in [-0.2, -0.15) is 6.54 Å². The number of esters is 1. The van der Waals surface area contributed by atoms with E-state index < -0.39 is 0 Å². The van der Waals surface area contributed by atoms with E-state index >= 15 is 0 Å². The fourth-order valence-corrected chi connectivity index (χ4v) is 0.335. The third kappa shape index (κ3) is 22.6. The van der Waals surface area contributed by atoms with Crippen LogP contribution in [0.4, 0.5) is 0 Å². The molecule has 7 heteroatoms. The summed E-state index contributed by atoms with van der Waals surface area (Å²) in [6.45, 7) is 0.301. The summed E-state index contributed by atoms with van der Waals surface area (Å²) in [5.41, 5.74) is 6.66. The van der Waals surface area contributed by atoms with Crippen molar-refractivity contribution in [3.05, 3.63) is 5.73 Å². The predicted octanol–water partition coefficient (Wildman–Crippen LogP) is -0.663. The van der Waals surface area contributed by atoms with Crippen LogP contribution in [0.2, 0.25) is 0 Å². The van der Waals surface area contributed by atoms with E-state index in [0.717, 1.165) is 0 Å². The Morgan fingerprint density at radius 3 is 2.00 bits per heavy atom. The van der Waals surface area contributed by atoms with Crippen molar-refractivity contribution in [2.75, 3.05) is 13.7 Å². The first kappa shape index (κ1) is 29.2. The maximum Gasteiger partial charge on any atom is 0.305 e. The molecular weight excluding hydrogens is 316 g/mol. The van der Waals surface area contributed by atoms with Crippen LogP contribution in [0.5, 0.6) is 0 Å². The number of rotatable bonds is 3. The van der Waals surface area contributed by atoms with Gasteiger partial charge in [-0.3, -0.25) is 4.79 Å². The Morgan fingerprint density at radius 1 is 1.33 bits per heavy atom. The second-order valence-electron chi connectivity index (χ2n) is 1.43. The molecule has 0 aliphatic rings. The van der Waals surface area contributed by atoms with Crippen molar-refractivity contribution in [3.8, 4) is 0 Å². The van der Waals surface area contributed by atoms with Crippen molar-refractivity contribution < 1.29 is 85.9 Å². The third-order valence-corrected chi connectivity index (χ3v) is 0.785. The summed E-state index contributed by atoms with van der Waals surface area (Å²) in [6, 6.07) is 0. The molecule has 0 bridgehead atoms. The summed E-state index contributed by atoms with van der Waals surface area (Å²) in [5.74, 6) is -0.225. The van der Waals surface area contributed by atoms with E-state index in [2.05, 4.69) is 4.74 Å². The number of hydrogen-bond donors (Lipinski definition) is 0. The predicted molar refractivity (Wildman–Crippen MR) is 37.7 cm³/mol. The number of hydrogen-bond acceptors (Lipinski definition) is 2. The van der Waals surface area contributed by atoms with Crippen LogP contribution < -0.4 is 0 Å². The summed E-state index contributed by atoms with van der Waals surface area (Å²) in [6.07, 6.45) is 0.979. The zero-order valence-corrected chi connectivity index (χ0v) is 12.8. The van der Waals surface area contributed by atoms with Gasteiger partial charge in [-0.15, -0.1) is 0 Å². The molecule has 0 aliphatic heterocycles. The second kappa shape index (κ2) is 22.9. The van der Waals surface area contributed by atoms with Gasteiger partial charge in [0, 0.05) is 71.8 Å². The van der Waals surface area contributed by atoms with Gasteiger partial charge in [0.1, 0.15) is 0 Å². The summed E-state index contributed by atoms with van der Waals surface area (Å²) in [4.78, 5) is 10.3. The van der Waals surface area contributed by atoms with Gasteiger partial charge < -0.3 is 21.4 Å². The zero-order chi connectivity index (χ0) is 6.41. The average Bonchev–Trinajstić information content (AvgIpc) is 1.83.